The van der Waals surface area contributed by atoms with Crippen molar-refractivity contribution in [3.05, 3.63) is 59.7 Å². The van der Waals surface area contributed by atoms with E-state index in [1.807, 2.05) is 62.4 Å². The molecule has 1 atom stereocenters. The van der Waals surface area contributed by atoms with Gasteiger partial charge in [-0.2, -0.15) is 0 Å². The van der Waals surface area contributed by atoms with E-state index in [0.29, 0.717) is 0 Å². The van der Waals surface area contributed by atoms with Crippen molar-refractivity contribution >= 4 is 35.0 Å². The standard InChI is InChI=1S/C19H22N2O2S/c1-13-9-10-17(11-14(13)2)20-18(22)12-24-15(3)19(23)21-16-7-5-4-6-8-16/h4-11,15H,12H2,1-3H3,(H,20,22)(H,21,23). The van der Waals surface area contributed by atoms with Crippen molar-refractivity contribution in [2.24, 2.45) is 0 Å². The second-order valence-corrected chi connectivity index (χ2v) is 6.98. The molecule has 2 amide bonds. The number of hydrogen-bond acceptors (Lipinski definition) is 3. The number of anilines is 2. The van der Waals surface area contributed by atoms with Crippen LogP contribution < -0.4 is 10.6 Å². The van der Waals surface area contributed by atoms with E-state index in [1.54, 1.807) is 6.92 Å². The molecule has 2 N–H and O–H groups in total. The minimum absolute atomic E-state index is 0.106. The zero-order valence-corrected chi connectivity index (χ0v) is 14.9. The first-order valence-corrected chi connectivity index (χ1v) is 8.85. The summed E-state index contributed by atoms with van der Waals surface area (Å²) >= 11 is 1.31. The summed E-state index contributed by atoms with van der Waals surface area (Å²) < 4.78 is 0. The van der Waals surface area contributed by atoms with Crippen LogP contribution in [0.25, 0.3) is 0 Å². The van der Waals surface area contributed by atoms with Gasteiger partial charge in [-0.25, -0.2) is 0 Å². The number of thioether (sulfide) groups is 1. The quantitative estimate of drug-likeness (QED) is 0.834. The topological polar surface area (TPSA) is 58.2 Å². The summed E-state index contributed by atoms with van der Waals surface area (Å²) in [6.07, 6.45) is 0. The van der Waals surface area contributed by atoms with Crippen LogP contribution in [-0.2, 0) is 9.59 Å². The summed E-state index contributed by atoms with van der Waals surface area (Å²) in [6.45, 7) is 5.84. The van der Waals surface area contributed by atoms with Crippen molar-refractivity contribution in [1.82, 2.24) is 0 Å². The van der Waals surface area contributed by atoms with Crippen LogP contribution in [0.2, 0.25) is 0 Å². The van der Waals surface area contributed by atoms with Crippen LogP contribution in [-0.4, -0.2) is 22.8 Å². The van der Waals surface area contributed by atoms with Gasteiger partial charge in [-0.3, -0.25) is 9.59 Å². The van der Waals surface area contributed by atoms with Gasteiger partial charge in [-0.15, -0.1) is 11.8 Å². The van der Waals surface area contributed by atoms with Crippen LogP contribution in [0, 0.1) is 13.8 Å². The molecule has 5 heteroatoms. The van der Waals surface area contributed by atoms with Crippen molar-refractivity contribution in [2.45, 2.75) is 26.0 Å². The maximum atomic E-state index is 12.1. The summed E-state index contributed by atoms with van der Waals surface area (Å²) in [5.74, 6) is 0.0174. The molecule has 0 bridgehead atoms. The van der Waals surface area contributed by atoms with Crippen LogP contribution in [0.15, 0.2) is 48.5 Å². The van der Waals surface area contributed by atoms with E-state index in [1.165, 1.54) is 17.3 Å². The summed E-state index contributed by atoms with van der Waals surface area (Å²) in [4.78, 5) is 24.1. The molecule has 0 heterocycles. The molecule has 1 unspecified atom stereocenters. The van der Waals surface area contributed by atoms with E-state index in [0.717, 1.165) is 16.9 Å². The third-order valence-electron chi connectivity index (χ3n) is 3.67. The fourth-order valence-electron chi connectivity index (χ4n) is 2.06. The highest BCUT2D eigenvalue weighted by Crippen LogP contribution is 2.17. The lowest BCUT2D eigenvalue weighted by Gasteiger charge is -2.12. The van der Waals surface area contributed by atoms with Crippen LogP contribution in [0.1, 0.15) is 18.1 Å². The number of para-hydroxylation sites is 1. The number of hydrogen-bond donors (Lipinski definition) is 2. The largest absolute Gasteiger partial charge is 0.325 e. The summed E-state index contributed by atoms with van der Waals surface area (Å²) in [5, 5.41) is 5.39. The van der Waals surface area contributed by atoms with Gasteiger partial charge in [-0.05, 0) is 56.2 Å². The molecule has 126 valence electrons. The Bertz CT molecular complexity index is 717. The second-order valence-electron chi connectivity index (χ2n) is 5.66. The van der Waals surface area contributed by atoms with Gasteiger partial charge in [-0.1, -0.05) is 24.3 Å². The SMILES string of the molecule is Cc1ccc(NC(=O)CSC(C)C(=O)Nc2ccccc2)cc1C. The summed E-state index contributed by atoms with van der Waals surface area (Å²) in [5.41, 5.74) is 3.87. The van der Waals surface area contributed by atoms with E-state index in [-0.39, 0.29) is 22.8 Å². The lowest BCUT2D eigenvalue weighted by molar-refractivity contribution is -0.115. The van der Waals surface area contributed by atoms with Crippen molar-refractivity contribution in [3.63, 3.8) is 0 Å². The predicted octanol–water partition coefficient (Wildman–Crippen LogP) is 4.00. The number of benzene rings is 2. The Morgan fingerprint density at radius 3 is 2.33 bits per heavy atom. The van der Waals surface area contributed by atoms with Crippen molar-refractivity contribution < 1.29 is 9.59 Å². The van der Waals surface area contributed by atoms with Gasteiger partial charge in [0.25, 0.3) is 0 Å². The molecule has 4 nitrogen and oxygen atoms in total. The van der Waals surface area contributed by atoms with Gasteiger partial charge in [0, 0.05) is 11.4 Å². The predicted molar refractivity (Wildman–Crippen MR) is 102 cm³/mol. The molecule has 2 rings (SSSR count). The van der Waals surface area contributed by atoms with Gasteiger partial charge in [0.05, 0.1) is 11.0 Å². The first kappa shape index (κ1) is 18.1. The van der Waals surface area contributed by atoms with Crippen molar-refractivity contribution in [3.8, 4) is 0 Å². The number of carbonyl (C=O) groups is 2. The van der Waals surface area contributed by atoms with E-state index >= 15 is 0 Å². The molecule has 2 aromatic rings. The van der Waals surface area contributed by atoms with Crippen molar-refractivity contribution in [1.29, 1.82) is 0 Å². The average Bonchev–Trinajstić information content (AvgIpc) is 2.57. The van der Waals surface area contributed by atoms with E-state index in [9.17, 15) is 9.59 Å². The molecule has 0 aliphatic heterocycles. The highest BCUT2D eigenvalue weighted by molar-refractivity contribution is 8.01. The molecule has 0 spiro atoms. The Morgan fingerprint density at radius 1 is 0.958 bits per heavy atom. The van der Waals surface area contributed by atoms with Gasteiger partial charge < -0.3 is 10.6 Å². The van der Waals surface area contributed by atoms with Crippen molar-refractivity contribution in [2.75, 3.05) is 16.4 Å². The summed E-state index contributed by atoms with van der Waals surface area (Å²) in [7, 11) is 0. The number of rotatable bonds is 6. The lowest BCUT2D eigenvalue weighted by atomic mass is 10.1. The molecular formula is C19H22N2O2S. The monoisotopic (exact) mass is 342 g/mol. The zero-order valence-electron chi connectivity index (χ0n) is 14.1. The van der Waals surface area contributed by atoms with Gasteiger partial charge in [0.2, 0.25) is 11.8 Å². The Kier molecular flexibility index (Phi) is 6.44. The molecule has 0 fully saturated rings. The van der Waals surface area contributed by atoms with Gasteiger partial charge in [0.1, 0.15) is 0 Å². The fraction of sp³-hybridized carbons (Fsp3) is 0.263. The van der Waals surface area contributed by atoms with Crippen LogP contribution in [0.5, 0.6) is 0 Å². The molecule has 0 aliphatic rings. The minimum atomic E-state index is -0.310. The van der Waals surface area contributed by atoms with E-state index in [2.05, 4.69) is 10.6 Å². The van der Waals surface area contributed by atoms with Crippen LogP contribution in [0.3, 0.4) is 0 Å². The Hall–Kier alpha value is -2.27. The van der Waals surface area contributed by atoms with Crippen LogP contribution >= 0.6 is 11.8 Å². The molecule has 0 aromatic heterocycles. The van der Waals surface area contributed by atoms with E-state index in [4.69, 9.17) is 0 Å². The Morgan fingerprint density at radius 2 is 1.67 bits per heavy atom. The van der Waals surface area contributed by atoms with Gasteiger partial charge >= 0.3 is 0 Å². The normalized spacial score (nSPS) is 11.6. The number of amides is 2. The first-order valence-electron chi connectivity index (χ1n) is 7.80. The highest BCUT2D eigenvalue weighted by Gasteiger charge is 2.15. The summed E-state index contributed by atoms with van der Waals surface area (Å²) in [6, 6.07) is 15.1. The molecule has 0 saturated carbocycles. The third-order valence-corrected chi connectivity index (χ3v) is 4.81. The smallest absolute Gasteiger partial charge is 0.237 e. The van der Waals surface area contributed by atoms with Gasteiger partial charge in [0.15, 0.2) is 0 Å². The van der Waals surface area contributed by atoms with Crippen LogP contribution in [0.4, 0.5) is 11.4 Å². The number of carbonyl (C=O) groups excluding carboxylic acids is 2. The number of aryl methyl sites for hydroxylation is 2. The highest BCUT2D eigenvalue weighted by atomic mass is 32.2. The minimum Gasteiger partial charge on any atom is -0.325 e. The second kappa shape index (κ2) is 8.55. The number of nitrogens with one attached hydrogen (secondary N) is 2. The average molecular weight is 342 g/mol. The maximum absolute atomic E-state index is 12.1. The third kappa shape index (κ3) is 5.42. The Balaban J connectivity index is 1.80. The van der Waals surface area contributed by atoms with E-state index < -0.39 is 0 Å². The molecule has 0 aliphatic carbocycles. The molecule has 2 aromatic carbocycles. The lowest BCUT2D eigenvalue weighted by Crippen LogP contribution is -2.25. The molecular weight excluding hydrogens is 320 g/mol. The maximum Gasteiger partial charge on any atom is 0.237 e. The zero-order chi connectivity index (χ0) is 17.5. The Labute approximate surface area is 147 Å². The fourth-order valence-corrected chi connectivity index (χ4v) is 2.74. The molecule has 0 saturated heterocycles. The molecule has 0 radical (unpaired) electrons. The molecule has 24 heavy (non-hydrogen) atoms. The first-order chi connectivity index (χ1) is 11.5.